The van der Waals surface area contributed by atoms with Crippen molar-refractivity contribution in [3.05, 3.63) is 72.3 Å². The van der Waals surface area contributed by atoms with Crippen LogP contribution in [-0.4, -0.2) is 20.7 Å². The van der Waals surface area contributed by atoms with Gasteiger partial charge in [-0.2, -0.15) is 0 Å². The van der Waals surface area contributed by atoms with Gasteiger partial charge in [-0.15, -0.1) is 0 Å². The summed E-state index contributed by atoms with van der Waals surface area (Å²) in [6.45, 7) is 1.60. The molecule has 0 fully saturated rings. The van der Waals surface area contributed by atoms with Gasteiger partial charge in [0.2, 0.25) is 0 Å². The first-order chi connectivity index (χ1) is 8.75. The average molecular weight is 301 g/mol. The van der Waals surface area contributed by atoms with Gasteiger partial charge in [-0.1, -0.05) is 0 Å². The molecule has 90 valence electrons. The van der Waals surface area contributed by atoms with E-state index in [1.54, 1.807) is 13.0 Å². The molecule has 0 aliphatic carbocycles. The SMILES string of the molecule is CC(=O)/C=C(/[Se]c1ccccc1)c1ccccc1. The number of carbonyl (C=O) groups excluding carboxylic acids is 1. The number of allylic oxidation sites excluding steroid dienone is 1. The quantitative estimate of drug-likeness (QED) is 0.627. The Morgan fingerprint density at radius 1 is 0.944 bits per heavy atom. The van der Waals surface area contributed by atoms with E-state index in [4.69, 9.17) is 0 Å². The van der Waals surface area contributed by atoms with Crippen LogP contribution in [0.2, 0.25) is 0 Å². The molecular formula is C16H14OSe. The minimum atomic E-state index is 0.103. The molecule has 0 amide bonds. The second kappa shape index (κ2) is 6.34. The van der Waals surface area contributed by atoms with Gasteiger partial charge < -0.3 is 0 Å². The summed E-state index contributed by atoms with van der Waals surface area (Å²) in [5.41, 5.74) is 1.14. The predicted octanol–water partition coefficient (Wildman–Crippen LogP) is 2.65. The van der Waals surface area contributed by atoms with E-state index in [0.29, 0.717) is 0 Å². The zero-order valence-electron chi connectivity index (χ0n) is 10.2. The van der Waals surface area contributed by atoms with Crippen molar-refractivity contribution in [1.82, 2.24) is 0 Å². The van der Waals surface area contributed by atoms with Crippen LogP contribution < -0.4 is 4.46 Å². The standard InChI is InChI=1S/C16H14OSe/c1-13(17)12-16(14-8-4-2-5-9-14)18-15-10-6-3-7-11-15/h2-12H,1H3/b16-12+. The van der Waals surface area contributed by atoms with Crippen molar-refractivity contribution in [1.29, 1.82) is 0 Å². The predicted molar refractivity (Wildman–Crippen MR) is 76.9 cm³/mol. The Bertz CT molecular complexity index is 544. The second-order valence-electron chi connectivity index (χ2n) is 3.90. The van der Waals surface area contributed by atoms with Gasteiger partial charge in [0.1, 0.15) is 0 Å². The molecule has 0 unspecified atom stereocenters. The Morgan fingerprint density at radius 3 is 2.06 bits per heavy atom. The average Bonchev–Trinajstić information content (AvgIpc) is 2.40. The normalized spacial score (nSPS) is 11.3. The summed E-state index contributed by atoms with van der Waals surface area (Å²) >= 11 is 0.161. The van der Waals surface area contributed by atoms with Crippen LogP contribution in [0.15, 0.2) is 66.7 Å². The van der Waals surface area contributed by atoms with Crippen molar-refractivity contribution in [2.75, 3.05) is 0 Å². The molecule has 1 nitrogen and oxygen atoms in total. The third kappa shape index (κ3) is 3.69. The molecule has 0 saturated heterocycles. The van der Waals surface area contributed by atoms with Crippen LogP contribution in [0.3, 0.4) is 0 Å². The summed E-state index contributed by atoms with van der Waals surface area (Å²) in [7, 11) is 0. The topological polar surface area (TPSA) is 17.1 Å². The van der Waals surface area contributed by atoms with E-state index in [1.807, 2.05) is 36.4 Å². The van der Waals surface area contributed by atoms with Crippen LogP contribution in [0.25, 0.3) is 4.47 Å². The molecule has 0 aliphatic rings. The van der Waals surface area contributed by atoms with Crippen molar-refractivity contribution in [3.63, 3.8) is 0 Å². The van der Waals surface area contributed by atoms with Crippen molar-refractivity contribution in [2.45, 2.75) is 6.92 Å². The van der Waals surface area contributed by atoms with E-state index in [0.717, 1.165) is 10.0 Å². The molecule has 2 heteroatoms. The van der Waals surface area contributed by atoms with Gasteiger partial charge in [0.05, 0.1) is 0 Å². The fraction of sp³-hybridized carbons (Fsp3) is 0.0625. The van der Waals surface area contributed by atoms with Crippen LogP contribution in [0.5, 0.6) is 0 Å². The minimum absolute atomic E-state index is 0.103. The molecule has 0 N–H and O–H groups in total. The van der Waals surface area contributed by atoms with Gasteiger partial charge in [0.15, 0.2) is 0 Å². The van der Waals surface area contributed by atoms with Crippen molar-refractivity contribution < 1.29 is 4.79 Å². The number of benzene rings is 2. The number of hydrogen-bond donors (Lipinski definition) is 0. The van der Waals surface area contributed by atoms with Crippen LogP contribution in [0, 0.1) is 0 Å². The summed E-state index contributed by atoms with van der Waals surface area (Å²) in [6.07, 6.45) is 1.75. The Hall–Kier alpha value is -1.63. The number of hydrogen-bond acceptors (Lipinski definition) is 1. The molecule has 0 aliphatic heterocycles. The molecule has 2 rings (SSSR count). The molecule has 0 atom stereocenters. The second-order valence-corrected chi connectivity index (χ2v) is 6.24. The molecule has 0 bridgehead atoms. The van der Waals surface area contributed by atoms with Crippen LogP contribution in [0.1, 0.15) is 12.5 Å². The molecule has 2 aromatic rings. The Kier molecular flexibility index (Phi) is 4.52. The number of rotatable bonds is 4. The zero-order valence-corrected chi connectivity index (χ0v) is 11.9. The molecule has 0 heterocycles. The van der Waals surface area contributed by atoms with Crippen LogP contribution in [-0.2, 0) is 4.79 Å². The Balaban J connectivity index is 2.31. The van der Waals surface area contributed by atoms with E-state index >= 15 is 0 Å². The number of carbonyl (C=O) groups is 1. The summed E-state index contributed by atoms with van der Waals surface area (Å²) < 4.78 is 2.41. The molecule has 0 spiro atoms. The maximum atomic E-state index is 11.4. The Morgan fingerprint density at radius 2 is 1.50 bits per heavy atom. The van der Waals surface area contributed by atoms with Gasteiger partial charge in [-0.3, -0.25) is 0 Å². The molecular weight excluding hydrogens is 287 g/mol. The van der Waals surface area contributed by atoms with E-state index < -0.39 is 0 Å². The first kappa shape index (κ1) is 12.8. The van der Waals surface area contributed by atoms with E-state index in [9.17, 15) is 4.79 Å². The van der Waals surface area contributed by atoms with E-state index in [2.05, 4.69) is 24.3 Å². The summed E-state index contributed by atoms with van der Waals surface area (Å²) in [6, 6.07) is 20.4. The molecule has 0 radical (unpaired) electrons. The van der Waals surface area contributed by atoms with Gasteiger partial charge >= 0.3 is 114 Å². The summed E-state index contributed by atoms with van der Waals surface area (Å²) in [5, 5.41) is 0. The summed E-state index contributed by atoms with van der Waals surface area (Å²) in [5.74, 6) is 0.103. The van der Waals surface area contributed by atoms with Gasteiger partial charge in [-0.25, -0.2) is 0 Å². The van der Waals surface area contributed by atoms with Gasteiger partial charge in [0.25, 0.3) is 0 Å². The molecule has 0 saturated carbocycles. The maximum absolute atomic E-state index is 11.4. The molecule has 18 heavy (non-hydrogen) atoms. The fourth-order valence-corrected chi connectivity index (χ4v) is 3.73. The third-order valence-corrected chi connectivity index (χ3v) is 4.63. The van der Waals surface area contributed by atoms with Gasteiger partial charge in [0, 0.05) is 0 Å². The third-order valence-electron chi connectivity index (χ3n) is 2.36. The zero-order chi connectivity index (χ0) is 12.8. The summed E-state index contributed by atoms with van der Waals surface area (Å²) in [4.78, 5) is 11.4. The van der Waals surface area contributed by atoms with E-state index in [-0.39, 0.29) is 20.7 Å². The van der Waals surface area contributed by atoms with Crippen LogP contribution in [0.4, 0.5) is 0 Å². The fourth-order valence-electron chi connectivity index (χ4n) is 1.57. The van der Waals surface area contributed by atoms with Crippen LogP contribution >= 0.6 is 0 Å². The molecule has 2 aromatic carbocycles. The first-order valence-electron chi connectivity index (χ1n) is 5.76. The van der Waals surface area contributed by atoms with Crippen molar-refractivity contribution >= 4 is 29.7 Å². The first-order valence-corrected chi connectivity index (χ1v) is 7.47. The van der Waals surface area contributed by atoms with Crippen molar-refractivity contribution in [2.24, 2.45) is 0 Å². The van der Waals surface area contributed by atoms with E-state index in [1.165, 1.54) is 4.46 Å². The monoisotopic (exact) mass is 302 g/mol. The number of ketones is 1. The van der Waals surface area contributed by atoms with Gasteiger partial charge in [-0.05, 0) is 0 Å². The Labute approximate surface area is 114 Å². The van der Waals surface area contributed by atoms with Crippen molar-refractivity contribution in [3.8, 4) is 0 Å². The molecule has 0 aromatic heterocycles.